The van der Waals surface area contributed by atoms with Crippen molar-refractivity contribution in [1.29, 1.82) is 0 Å². The first kappa shape index (κ1) is 11.7. The van der Waals surface area contributed by atoms with Crippen molar-refractivity contribution >= 4 is 0 Å². The lowest BCUT2D eigenvalue weighted by atomic mass is 10.4. The highest BCUT2D eigenvalue weighted by Crippen LogP contribution is 2.11. The van der Waals surface area contributed by atoms with Crippen molar-refractivity contribution in [3.05, 3.63) is 0 Å². The zero-order chi connectivity index (χ0) is 9.45. The summed E-state index contributed by atoms with van der Waals surface area (Å²) in [6, 6.07) is 0. The third-order valence-corrected chi connectivity index (χ3v) is 1.17. The second-order valence-electron chi connectivity index (χ2n) is 2.34. The number of hydrogen-bond donors (Lipinski definition) is 1. The van der Waals surface area contributed by atoms with Gasteiger partial charge in [-0.2, -0.15) is 13.2 Å². The molecule has 2 nitrogen and oxygen atoms in total. The number of nitrogens with one attached hydrogen (secondary N) is 1. The zero-order valence-corrected chi connectivity index (χ0v) is 7.08. The lowest BCUT2D eigenvalue weighted by Gasteiger charge is -2.07. The van der Waals surface area contributed by atoms with E-state index >= 15 is 0 Å². The minimum atomic E-state index is -4.11. The van der Waals surface area contributed by atoms with Crippen LogP contribution in [0, 0.1) is 0 Å². The Morgan fingerprint density at radius 1 is 1.33 bits per heavy atom. The zero-order valence-electron chi connectivity index (χ0n) is 7.08. The molecule has 5 heteroatoms. The summed E-state index contributed by atoms with van der Waals surface area (Å²) >= 11 is 0. The standard InChI is InChI=1S/C7H14F3NO/c1-2-12-5-3-4-11-6-7(8,9)10/h11H,2-6H2,1H3. The summed E-state index contributed by atoms with van der Waals surface area (Å²) in [6.45, 7) is 2.41. The minimum absolute atomic E-state index is 0.347. The van der Waals surface area contributed by atoms with Crippen molar-refractivity contribution in [2.24, 2.45) is 0 Å². The molecule has 0 saturated heterocycles. The number of halogens is 3. The summed E-state index contributed by atoms with van der Waals surface area (Å²) in [5, 5.41) is 2.28. The SMILES string of the molecule is CCOCCCNCC(F)(F)F. The van der Waals surface area contributed by atoms with Gasteiger partial charge in [0.15, 0.2) is 0 Å². The van der Waals surface area contributed by atoms with Crippen molar-refractivity contribution in [3.8, 4) is 0 Å². The molecule has 0 aliphatic heterocycles. The summed E-state index contributed by atoms with van der Waals surface area (Å²) in [7, 11) is 0. The maximum absolute atomic E-state index is 11.5. The normalized spacial score (nSPS) is 12.0. The Labute approximate surface area is 70.1 Å². The summed E-state index contributed by atoms with van der Waals surface area (Å²) in [5.74, 6) is 0. The highest BCUT2D eigenvalue weighted by molar-refractivity contribution is 4.54. The van der Waals surface area contributed by atoms with E-state index < -0.39 is 12.7 Å². The van der Waals surface area contributed by atoms with Gasteiger partial charge in [-0.15, -0.1) is 0 Å². The van der Waals surface area contributed by atoms with Crippen molar-refractivity contribution in [1.82, 2.24) is 5.32 Å². The molecule has 0 rings (SSSR count). The molecule has 0 saturated carbocycles. The van der Waals surface area contributed by atoms with Crippen LogP contribution in [0.3, 0.4) is 0 Å². The molecule has 0 bridgehead atoms. The number of alkyl halides is 3. The molecule has 0 aromatic heterocycles. The maximum atomic E-state index is 11.5. The fraction of sp³-hybridized carbons (Fsp3) is 1.00. The Morgan fingerprint density at radius 3 is 2.50 bits per heavy atom. The van der Waals surface area contributed by atoms with E-state index in [4.69, 9.17) is 4.74 Å². The van der Waals surface area contributed by atoms with Gasteiger partial charge in [0.25, 0.3) is 0 Å². The molecule has 0 aliphatic carbocycles. The monoisotopic (exact) mass is 185 g/mol. The van der Waals surface area contributed by atoms with Crippen LogP contribution in [0.1, 0.15) is 13.3 Å². The predicted octanol–water partition coefficient (Wildman–Crippen LogP) is 1.56. The Bertz CT molecular complexity index is 105. The molecule has 0 fully saturated rings. The van der Waals surface area contributed by atoms with Gasteiger partial charge < -0.3 is 10.1 Å². The molecule has 0 spiro atoms. The largest absolute Gasteiger partial charge is 0.401 e. The van der Waals surface area contributed by atoms with Crippen molar-refractivity contribution in [2.45, 2.75) is 19.5 Å². The van der Waals surface area contributed by atoms with E-state index in [0.29, 0.717) is 26.2 Å². The van der Waals surface area contributed by atoms with E-state index in [1.165, 1.54) is 0 Å². The molecule has 0 radical (unpaired) electrons. The van der Waals surface area contributed by atoms with Crippen LogP contribution >= 0.6 is 0 Å². The smallest absolute Gasteiger partial charge is 0.382 e. The van der Waals surface area contributed by atoms with Gasteiger partial charge >= 0.3 is 6.18 Å². The molecular formula is C7H14F3NO. The van der Waals surface area contributed by atoms with Crippen LogP contribution in [0.4, 0.5) is 13.2 Å². The first-order valence-electron chi connectivity index (χ1n) is 3.91. The van der Waals surface area contributed by atoms with E-state index in [1.54, 1.807) is 0 Å². The molecule has 0 aliphatic rings. The van der Waals surface area contributed by atoms with E-state index in [9.17, 15) is 13.2 Å². The van der Waals surface area contributed by atoms with E-state index in [0.717, 1.165) is 0 Å². The molecule has 0 unspecified atom stereocenters. The van der Waals surface area contributed by atoms with Crippen LogP contribution in [0.25, 0.3) is 0 Å². The van der Waals surface area contributed by atoms with E-state index in [-0.39, 0.29) is 0 Å². The minimum Gasteiger partial charge on any atom is -0.382 e. The molecule has 0 atom stereocenters. The fourth-order valence-corrected chi connectivity index (χ4v) is 0.674. The Morgan fingerprint density at radius 2 is 2.00 bits per heavy atom. The summed E-state index contributed by atoms with van der Waals surface area (Å²) in [5.41, 5.74) is 0. The van der Waals surface area contributed by atoms with Gasteiger partial charge in [-0.1, -0.05) is 0 Å². The summed E-state index contributed by atoms with van der Waals surface area (Å²) in [6.07, 6.45) is -3.49. The average molecular weight is 185 g/mol. The predicted molar refractivity (Wildman–Crippen MR) is 40.0 cm³/mol. The van der Waals surface area contributed by atoms with Gasteiger partial charge in [0.2, 0.25) is 0 Å². The van der Waals surface area contributed by atoms with Crippen LogP contribution in [0.15, 0.2) is 0 Å². The van der Waals surface area contributed by atoms with E-state index in [1.807, 2.05) is 6.92 Å². The Balaban J connectivity index is 3.01. The van der Waals surface area contributed by atoms with Crippen molar-refractivity contribution in [2.75, 3.05) is 26.3 Å². The second kappa shape index (κ2) is 6.25. The van der Waals surface area contributed by atoms with Crippen LogP contribution in [0.5, 0.6) is 0 Å². The van der Waals surface area contributed by atoms with Crippen LogP contribution in [-0.4, -0.2) is 32.5 Å². The van der Waals surface area contributed by atoms with Gasteiger partial charge in [-0.3, -0.25) is 0 Å². The molecule has 0 aromatic carbocycles. The van der Waals surface area contributed by atoms with Crippen LogP contribution < -0.4 is 5.32 Å². The lowest BCUT2D eigenvalue weighted by Crippen LogP contribution is -2.29. The Hall–Kier alpha value is -0.290. The number of ether oxygens (including phenoxy) is 1. The Kier molecular flexibility index (Phi) is 6.10. The van der Waals surface area contributed by atoms with Gasteiger partial charge in [-0.05, 0) is 19.9 Å². The second-order valence-corrected chi connectivity index (χ2v) is 2.34. The first-order chi connectivity index (χ1) is 5.56. The first-order valence-corrected chi connectivity index (χ1v) is 3.91. The summed E-state index contributed by atoms with van der Waals surface area (Å²) < 4.78 is 39.6. The third kappa shape index (κ3) is 9.71. The highest BCUT2D eigenvalue weighted by atomic mass is 19.4. The molecule has 12 heavy (non-hydrogen) atoms. The van der Waals surface area contributed by atoms with Crippen molar-refractivity contribution in [3.63, 3.8) is 0 Å². The van der Waals surface area contributed by atoms with Crippen LogP contribution in [-0.2, 0) is 4.74 Å². The third-order valence-electron chi connectivity index (χ3n) is 1.17. The van der Waals surface area contributed by atoms with Crippen LogP contribution in [0.2, 0.25) is 0 Å². The van der Waals surface area contributed by atoms with Gasteiger partial charge in [0, 0.05) is 13.2 Å². The van der Waals surface area contributed by atoms with Gasteiger partial charge in [0.1, 0.15) is 0 Å². The highest BCUT2D eigenvalue weighted by Gasteiger charge is 2.25. The average Bonchev–Trinajstić information content (AvgIpc) is 1.94. The fourth-order valence-electron chi connectivity index (χ4n) is 0.674. The molecule has 0 heterocycles. The molecule has 0 amide bonds. The maximum Gasteiger partial charge on any atom is 0.401 e. The number of rotatable bonds is 6. The molecule has 74 valence electrons. The molecular weight excluding hydrogens is 171 g/mol. The van der Waals surface area contributed by atoms with E-state index in [2.05, 4.69) is 5.32 Å². The molecule has 1 N–H and O–H groups in total. The number of hydrogen-bond acceptors (Lipinski definition) is 2. The topological polar surface area (TPSA) is 21.3 Å². The van der Waals surface area contributed by atoms with Gasteiger partial charge in [-0.25, -0.2) is 0 Å². The molecule has 0 aromatic rings. The summed E-state index contributed by atoms with van der Waals surface area (Å²) in [4.78, 5) is 0. The van der Waals surface area contributed by atoms with Gasteiger partial charge in [0.05, 0.1) is 6.54 Å². The lowest BCUT2D eigenvalue weighted by molar-refractivity contribution is -0.124. The van der Waals surface area contributed by atoms with Crippen molar-refractivity contribution < 1.29 is 17.9 Å². The quantitative estimate of drug-likeness (QED) is 0.634.